The Morgan fingerprint density at radius 2 is 1.76 bits per heavy atom. The largest absolute Gasteiger partial charge is 0.341 e. The van der Waals surface area contributed by atoms with Crippen molar-refractivity contribution in [2.45, 2.75) is 12.8 Å². The Kier molecular flexibility index (Phi) is 5.38. The SMILES string of the molecule is CC(=O)N1C[C@H](C(=O)Nc2cccc(-c3cccnc3)c2)[C@@H](c2ccccc2)C1. The predicted octanol–water partition coefficient (Wildman–Crippen LogP) is 3.95. The third kappa shape index (κ3) is 4.19. The van der Waals surface area contributed by atoms with E-state index in [1.807, 2.05) is 66.7 Å². The Balaban J connectivity index is 1.56. The Hall–Kier alpha value is -3.47. The molecule has 0 saturated carbocycles. The van der Waals surface area contributed by atoms with Gasteiger partial charge < -0.3 is 10.2 Å². The van der Waals surface area contributed by atoms with E-state index in [9.17, 15) is 9.59 Å². The first-order valence-corrected chi connectivity index (χ1v) is 9.73. The van der Waals surface area contributed by atoms with Gasteiger partial charge in [-0.15, -0.1) is 0 Å². The van der Waals surface area contributed by atoms with Crippen LogP contribution >= 0.6 is 0 Å². The van der Waals surface area contributed by atoms with Crippen molar-refractivity contribution in [1.29, 1.82) is 0 Å². The molecule has 2 amide bonds. The lowest BCUT2D eigenvalue weighted by Crippen LogP contribution is -2.30. The number of carbonyl (C=O) groups excluding carboxylic acids is 2. The number of anilines is 1. The summed E-state index contributed by atoms with van der Waals surface area (Å²) in [6.45, 7) is 2.55. The fourth-order valence-corrected chi connectivity index (χ4v) is 3.91. The highest BCUT2D eigenvalue weighted by Gasteiger charge is 2.39. The molecule has 29 heavy (non-hydrogen) atoms. The van der Waals surface area contributed by atoms with Crippen LogP contribution in [0.3, 0.4) is 0 Å². The maximum atomic E-state index is 13.2. The second kappa shape index (κ2) is 8.27. The van der Waals surface area contributed by atoms with E-state index >= 15 is 0 Å². The topological polar surface area (TPSA) is 62.3 Å². The molecule has 0 radical (unpaired) electrons. The first-order chi connectivity index (χ1) is 14.1. The third-order valence-electron chi connectivity index (χ3n) is 5.45. The molecule has 1 N–H and O–H groups in total. The zero-order valence-electron chi connectivity index (χ0n) is 16.3. The number of benzene rings is 2. The minimum atomic E-state index is -0.289. The Morgan fingerprint density at radius 3 is 2.48 bits per heavy atom. The molecule has 0 aliphatic carbocycles. The number of carbonyl (C=O) groups is 2. The maximum Gasteiger partial charge on any atom is 0.229 e. The second-order valence-electron chi connectivity index (χ2n) is 7.36. The monoisotopic (exact) mass is 385 g/mol. The lowest BCUT2D eigenvalue weighted by molar-refractivity contribution is -0.128. The number of pyridine rings is 1. The number of nitrogens with zero attached hydrogens (tertiary/aromatic N) is 2. The number of hydrogen-bond donors (Lipinski definition) is 1. The van der Waals surface area contributed by atoms with Crippen LogP contribution in [0.4, 0.5) is 5.69 Å². The molecule has 5 nitrogen and oxygen atoms in total. The van der Waals surface area contributed by atoms with Gasteiger partial charge in [0.1, 0.15) is 0 Å². The normalized spacial score (nSPS) is 18.4. The molecule has 1 aliphatic heterocycles. The molecule has 1 aliphatic rings. The number of rotatable bonds is 4. The van der Waals surface area contributed by atoms with Crippen LogP contribution in [0.2, 0.25) is 0 Å². The van der Waals surface area contributed by atoms with E-state index in [1.165, 1.54) is 0 Å². The van der Waals surface area contributed by atoms with Crippen LogP contribution in [0.15, 0.2) is 79.1 Å². The molecule has 5 heteroatoms. The molecule has 1 aromatic heterocycles. The summed E-state index contributed by atoms with van der Waals surface area (Å²) in [5, 5.41) is 3.06. The number of nitrogens with one attached hydrogen (secondary N) is 1. The number of aromatic nitrogens is 1. The summed E-state index contributed by atoms with van der Waals surface area (Å²) in [6, 6.07) is 21.6. The van der Waals surface area contributed by atoms with Gasteiger partial charge in [-0.1, -0.05) is 48.5 Å². The Bertz CT molecular complexity index is 1000. The minimum absolute atomic E-state index is 0.000180. The first-order valence-electron chi connectivity index (χ1n) is 9.73. The van der Waals surface area contributed by atoms with Crippen LogP contribution < -0.4 is 5.32 Å². The lowest BCUT2D eigenvalue weighted by atomic mass is 9.88. The predicted molar refractivity (Wildman–Crippen MR) is 113 cm³/mol. The smallest absolute Gasteiger partial charge is 0.229 e. The van der Waals surface area contributed by atoms with E-state index in [0.29, 0.717) is 13.1 Å². The summed E-state index contributed by atoms with van der Waals surface area (Å²) >= 11 is 0. The molecule has 2 atom stereocenters. The van der Waals surface area contributed by atoms with Gasteiger partial charge in [-0.2, -0.15) is 0 Å². The lowest BCUT2D eigenvalue weighted by Gasteiger charge is -2.18. The van der Waals surface area contributed by atoms with Gasteiger partial charge in [0.05, 0.1) is 5.92 Å². The highest BCUT2D eigenvalue weighted by molar-refractivity contribution is 5.94. The van der Waals surface area contributed by atoms with Crippen molar-refractivity contribution < 1.29 is 9.59 Å². The van der Waals surface area contributed by atoms with E-state index in [2.05, 4.69) is 10.3 Å². The van der Waals surface area contributed by atoms with Crippen LogP contribution in [0, 0.1) is 5.92 Å². The van der Waals surface area contributed by atoms with Crippen molar-refractivity contribution in [3.8, 4) is 11.1 Å². The van der Waals surface area contributed by atoms with Crippen molar-refractivity contribution in [2.75, 3.05) is 18.4 Å². The fourth-order valence-electron chi connectivity index (χ4n) is 3.91. The molecular weight excluding hydrogens is 362 g/mol. The average molecular weight is 385 g/mol. The highest BCUT2D eigenvalue weighted by atomic mass is 16.2. The zero-order chi connectivity index (χ0) is 20.2. The van der Waals surface area contributed by atoms with Crippen molar-refractivity contribution in [3.05, 3.63) is 84.7 Å². The van der Waals surface area contributed by atoms with Crippen LogP contribution in [-0.4, -0.2) is 34.8 Å². The van der Waals surface area contributed by atoms with E-state index in [1.54, 1.807) is 24.2 Å². The molecule has 0 unspecified atom stereocenters. The van der Waals surface area contributed by atoms with Crippen molar-refractivity contribution in [2.24, 2.45) is 5.92 Å². The minimum Gasteiger partial charge on any atom is -0.341 e. The molecule has 0 spiro atoms. The zero-order valence-corrected chi connectivity index (χ0v) is 16.3. The number of likely N-dealkylation sites (tertiary alicyclic amines) is 1. The summed E-state index contributed by atoms with van der Waals surface area (Å²) in [6.07, 6.45) is 3.54. The summed E-state index contributed by atoms with van der Waals surface area (Å²) in [5.74, 6) is -0.365. The molecular formula is C24H23N3O2. The van der Waals surface area contributed by atoms with E-state index in [0.717, 1.165) is 22.4 Å². The fraction of sp³-hybridized carbons (Fsp3) is 0.208. The van der Waals surface area contributed by atoms with Crippen LogP contribution in [0.1, 0.15) is 18.4 Å². The van der Waals surface area contributed by atoms with E-state index in [4.69, 9.17) is 0 Å². The van der Waals surface area contributed by atoms with Crippen molar-refractivity contribution >= 4 is 17.5 Å². The summed E-state index contributed by atoms with van der Waals surface area (Å²) < 4.78 is 0. The summed E-state index contributed by atoms with van der Waals surface area (Å²) in [5.41, 5.74) is 3.81. The number of hydrogen-bond acceptors (Lipinski definition) is 3. The number of amides is 2. The van der Waals surface area contributed by atoms with Gasteiger partial charge >= 0.3 is 0 Å². The molecule has 146 valence electrons. The van der Waals surface area contributed by atoms with Gasteiger partial charge in [-0.3, -0.25) is 14.6 Å². The third-order valence-corrected chi connectivity index (χ3v) is 5.45. The molecule has 2 heterocycles. The molecule has 4 rings (SSSR count). The van der Waals surface area contributed by atoms with Crippen LogP contribution in [0.5, 0.6) is 0 Å². The Labute approximate surface area is 170 Å². The van der Waals surface area contributed by atoms with Gasteiger partial charge in [0, 0.05) is 49.6 Å². The highest BCUT2D eigenvalue weighted by Crippen LogP contribution is 2.34. The first kappa shape index (κ1) is 18.9. The molecule has 0 bridgehead atoms. The maximum absolute atomic E-state index is 13.2. The van der Waals surface area contributed by atoms with Crippen LogP contribution in [0.25, 0.3) is 11.1 Å². The van der Waals surface area contributed by atoms with Crippen LogP contribution in [-0.2, 0) is 9.59 Å². The van der Waals surface area contributed by atoms with Gasteiger partial charge in [0.15, 0.2) is 0 Å². The molecule has 1 fully saturated rings. The van der Waals surface area contributed by atoms with Gasteiger partial charge in [-0.25, -0.2) is 0 Å². The Morgan fingerprint density at radius 1 is 0.966 bits per heavy atom. The average Bonchev–Trinajstić information content (AvgIpc) is 3.21. The van der Waals surface area contributed by atoms with E-state index < -0.39 is 0 Å². The summed E-state index contributed by atoms with van der Waals surface area (Å²) in [7, 11) is 0. The molecule has 1 saturated heterocycles. The molecule has 3 aromatic rings. The molecule has 2 aromatic carbocycles. The standard InChI is InChI=1S/C24H23N3O2/c1-17(28)27-15-22(18-7-3-2-4-8-18)23(16-27)24(29)26-21-11-5-9-19(13-21)20-10-6-12-25-14-20/h2-14,22-23H,15-16H2,1H3,(H,26,29)/t22-,23+/m1/s1. The summed E-state index contributed by atoms with van der Waals surface area (Å²) in [4.78, 5) is 31.0. The van der Waals surface area contributed by atoms with Crippen molar-refractivity contribution in [1.82, 2.24) is 9.88 Å². The van der Waals surface area contributed by atoms with Crippen molar-refractivity contribution in [3.63, 3.8) is 0 Å². The van der Waals surface area contributed by atoms with E-state index in [-0.39, 0.29) is 23.7 Å². The van der Waals surface area contributed by atoms with Gasteiger partial charge in [0.25, 0.3) is 0 Å². The van der Waals surface area contributed by atoms with Gasteiger partial charge in [-0.05, 0) is 29.3 Å². The van der Waals surface area contributed by atoms with Gasteiger partial charge in [0.2, 0.25) is 11.8 Å². The quantitative estimate of drug-likeness (QED) is 0.740. The second-order valence-corrected chi connectivity index (χ2v) is 7.36.